The van der Waals surface area contributed by atoms with Crippen LogP contribution in [-0.2, 0) is 4.79 Å². The minimum Gasteiger partial charge on any atom is -0.265 e. The van der Waals surface area contributed by atoms with E-state index in [0.717, 1.165) is 11.1 Å². The van der Waals surface area contributed by atoms with Crippen LogP contribution in [0.4, 0.5) is 5.69 Å². The molecule has 0 aliphatic heterocycles. The van der Waals surface area contributed by atoms with E-state index in [-0.39, 0.29) is 0 Å². The molecule has 0 N–H and O–H groups in total. The maximum Gasteiger partial charge on any atom is 0.240 e. The second kappa shape index (κ2) is 4.71. The number of hydrogen-bond donors (Lipinski definition) is 0. The average molecular weight is 231 g/mol. The molecule has 0 bridgehead atoms. The standard InChI is InChI=1S/C12H7ClN2O/c13-12-10(9-4-6-14-7-5-9)2-1-3-11(12)15-8-16/h1-7H. The van der Waals surface area contributed by atoms with Gasteiger partial charge in [-0.2, -0.15) is 4.99 Å². The number of aromatic nitrogens is 1. The predicted octanol–water partition coefficient (Wildman–Crippen LogP) is 3.37. The van der Waals surface area contributed by atoms with Crippen molar-refractivity contribution in [3.8, 4) is 11.1 Å². The van der Waals surface area contributed by atoms with E-state index in [2.05, 4.69) is 9.98 Å². The average Bonchev–Trinajstić information content (AvgIpc) is 2.33. The molecule has 0 radical (unpaired) electrons. The van der Waals surface area contributed by atoms with Crippen molar-refractivity contribution in [2.24, 2.45) is 4.99 Å². The first kappa shape index (κ1) is 10.6. The quantitative estimate of drug-likeness (QED) is 0.586. The Kier molecular flexibility index (Phi) is 3.10. The molecule has 0 fully saturated rings. The Morgan fingerprint density at radius 2 is 1.94 bits per heavy atom. The van der Waals surface area contributed by atoms with Crippen molar-refractivity contribution in [1.82, 2.24) is 4.98 Å². The molecular formula is C12H7ClN2O. The number of nitrogens with zero attached hydrogens (tertiary/aromatic N) is 2. The molecule has 16 heavy (non-hydrogen) atoms. The first-order chi connectivity index (χ1) is 7.83. The van der Waals surface area contributed by atoms with Gasteiger partial charge in [-0.05, 0) is 23.8 Å². The highest BCUT2D eigenvalue weighted by molar-refractivity contribution is 6.35. The van der Waals surface area contributed by atoms with E-state index in [1.807, 2.05) is 18.2 Å². The molecule has 0 spiro atoms. The highest BCUT2D eigenvalue weighted by Gasteiger charge is 2.06. The fourth-order valence-corrected chi connectivity index (χ4v) is 1.69. The fourth-order valence-electron chi connectivity index (χ4n) is 1.41. The van der Waals surface area contributed by atoms with Gasteiger partial charge in [0.1, 0.15) is 0 Å². The lowest BCUT2D eigenvalue weighted by Crippen LogP contribution is -1.80. The summed E-state index contributed by atoms with van der Waals surface area (Å²) in [5.41, 5.74) is 2.18. The lowest BCUT2D eigenvalue weighted by atomic mass is 10.1. The monoisotopic (exact) mass is 230 g/mol. The van der Waals surface area contributed by atoms with Gasteiger partial charge in [-0.3, -0.25) is 4.98 Å². The molecule has 0 saturated heterocycles. The van der Waals surface area contributed by atoms with Crippen LogP contribution in [0.2, 0.25) is 5.02 Å². The van der Waals surface area contributed by atoms with Gasteiger partial charge in [-0.1, -0.05) is 23.7 Å². The zero-order chi connectivity index (χ0) is 11.4. The molecule has 78 valence electrons. The van der Waals surface area contributed by atoms with Gasteiger partial charge in [0.25, 0.3) is 0 Å². The highest BCUT2D eigenvalue weighted by Crippen LogP contribution is 2.34. The molecule has 4 heteroatoms. The summed E-state index contributed by atoms with van der Waals surface area (Å²) >= 11 is 6.13. The van der Waals surface area contributed by atoms with Gasteiger partial charge < -0.3 is 0 Å². The molecular weight excluding hydrogens is 224 g/mol. The molecule has 0 atom stereocenters. The summed E-state index contributed by atoms with van der Waals surface area (Å²) < 4.78 is 0. The minimum absolute atomic E-state index is 0.422. The van der Waals surface area contributed by atoms with Crippen LogP contribution in [0.15, 0.2) is 47.7 Å². The summed E-state index contributed by atoms with van der Waals surface area (Å²) in [6.07, 6.45) is 4.85. The number of carbonyl (C=O) groups excluding carboxylic acids is 1. The smallest absolute Gasteiger partial charge is 0.240 e. The van der Waals surface area contributed by atoms with E-state index < -0.39 is 0 Å². The third-order valence-corrected chi connectivity index (χ3v) is 2.53. The zero-order valence-corrected chi connectivity index (χ0v) is 8.98. The Morgan fingerprint density at radius 3 is 2.62 bits per heavy atom. The molecule has 0 aliphatic carbocycles. The normalized spacial score (nSPS) is 9.56. The Labute approximate surface area is 97.4 Å². The molecule has 0 unspecified atom stereocenters. The van der Waals surface area contributed by atoms with Crippen molar-refractivity contribution in [1.29, 1.82) is 0 Å². The first-order valence-electron chi connectivity index (χ1n) is 4.59. The number of benzene rings is 1. The fraction of sp³-hybridized carbons (Fsp3) is 0. The Morgan fingerprint density at radius 1 is 1.19 bits per heavy atom. The van der Waals surface area contributed by atoms with Gasteiger partial charge >= 0.3 is 0 Å². The summed E-state index contributed by atoms with van der Waals surface area (Å²) in [5.74, 6) is 0. The van der Waals surface area contributed by atoms with Gasteiger partial charge in [-0.25, -0.2) is 4.79 Å². The van der Waals surface area contributed by atoms with Crippen LogP contribution in [0.25, 0.3) is 11.1 Å². The molecule has 0 aliphatic rings. The Bertz CT molecular complexity index is 548. The van der Waals surface area contributed by atoms with E-state index >= 15 is 0 Å². The molecule has 1 heterocycles. The molecule has 2 rings (SSSR count). The van der Waals surface area contributed by atoms with Gasteiger partial charge in [0.15, 0.2) is 0 Å². The van der Waals surface area contributed by atoms with Gasteiger partial charge in [0, 0.05) is 18.0 Å². The summed E-state index contributed by atoms with van der Waals surface area (Å²) in [4.78, 5) is 17.7. The van der Waals surface area contributed by atoms with Crippen molar-refractivity contribution < 1.29 is 4.79 Å². The van der Waals surface area contributed by atoms with E-state index in [9.17, 15) is 4.79 Å². The molecule has 3 nitrogen and oxygen atoms in total. The lowest BCUT2D eigenvalue weighted by molar-refractivity contribution is 0.565. The van der Waals surface area contributed by atoms with E-state index in [1.54, 1.807) is 24.5 Å². The highest BCUT2D eigenvalue weighted by atomic mass is 35.5. The number of halogens is 1. The summed E-state index contributed by atoms with van der Waals surface area (Å²) in [6.45, 7) is 0. The van der Waals surface area contributed by atoms with Crippen molar-refractivity contribution in [3.63, 3.8) is 0 Å². The van der Waals surface area contributed by atoms with Crippen molar-refractivity contribution in [3.05, 3.63) is 47.7 Å². The maximum atomic E-state index is 10.2. The van der Waals surface area contributed by atoms with Crippen molar-refractivity contribution in [2.75, 3.05) is 0 Å². The van der Waals surface area contributed by atoms with Crippen LogP contribution in [0, 0.1) is 0 Å². The van der Waals surface area contributed by atoms with Crippen LogP contribution < -0.4 is 0 Å². The lowest BCUT2D eigenvalue weighted by Gasteiger charge is -2.05. The topological polar surface area (TPSA) is 42.3 Å². The SMILES string of the molecule is O=C=Nc1cccc(-c2ccncc2)c1Cl. The summed E-state index contributed by atoms with van der Waals surface area (Å²) in [5, 5.41) is 0.442. The van der Waals surface area contributed by atoms with Crippen LogP contribution in [0.5, 0.6) is 0 Å². The number of rotatable bonds is 2. The number of isocyanates is 1. The number of pyridine rings is 1. The van der Waals surface area contributed by atoms with Crippen LogP contribution >= 0.6 is 11.6 Å². The van der Waals surface area contributed by atoms with E-state index in [1.165, 1.54) is 6.08 Å². The van der Waals surface area contributed by atoms with Gasteiger partial charge in [0.2, 0.25) is 6.08 Å². The Hall–Kier alpha value is -1.96. The number of aliphatic imine (C=N–C) groups is 1. The molecule has 1 aromatic heterocycles. The largest absolute Gasteiger partial charge is 0.265 e. The van der Waals surface area contributed by atoms with E-state index in [4.69, 9.17) is 11.6 Å². The van der Waals surface area contributed by atoms with Crippen molar-refractivity contribution in [2.45, 2.75) is 0 Å². The maximum absolute atomic E-state index is 10.2. The molecule has 0 amide bonds. The minimum atomic E-state index is 0.422. The zero-order valence-electron chi connectivity index (χ0n) is 8.22. The first-order valence-corrected chi connectivity index (χ1v) is 4.97. The van der Waals surface area contributed by atoms with Gasteiger partial charge in [-0.15, -0.1) is 0 Å². The number of hydrogen-bond acceptors (Lipinski definition) is 3. The van der Waals surface area contributed by atoms with Gasteiger partial charge in [0.05, 0.1) is 10.7 Å². The van der Waals surface area contributed by atoms with Crippen LogP contribution in [0.3, 0.4) is 0 Å². The van der Waals surface area contributed by atoms with Crippen molar-refractivity contribution >= 4 is 23.4 Å². The van der Waals surface area contributed by atoms with Crippen LogP contribution in [0.1, 0.15) is 0 Å². The second-order valence-corrected chi connectivity index (χ2v) is 3.46. The summed E-state index contributed by atoms with van der Waals surface area (Å²) in [6, 6.07) is 9.00. The molecule has 0 saturated carbocycles. The Balaban J connectivity index is 2.59. The van der Waals surface area contributed by atoms with E-state index in [0.29, 0.717) is 10.7 Å². The third kappa shape index (κ3) is 2.01. The van der Waals surface area contributed by atoms with Crippen LogP contribution in [-0.4, -0.2) is 11.1 Å². The molecule has 2 aromatic rings. The third-order valence-electron chi connectivity index (χ3n) is 2.14. The predicted molar refractivity (Wildman–Crippen MR) is 62.5 cm³/mol. The second-order valence-electron chi connectivity index (χ2n) is 3.08. The summed E-state index contributed by atoms with van der Waals surface area (Å²) in [7, 11) is 0. The molecule has 1 aromatic carbocycles.